The van der Waals surface area contributed by atoms with Crippen molar-refractivity contribution in [2.75, 3.05) is 6.54 Å². The van der Waals surface area contributed by atoms with Crippen LogP contribution in [0.1, 0.15) is 32.1 Å². The van der Waals surface area contributed by atoms with Gasteiger partial charge in [-0.05, 0) is 19.4 Å². The predicted octanol–water partition coefficient (Wildman–Crippen LogP) is 1.94. The van der Waals surface area contributed by atoms with E-state index in [1.807, 2.05) is 0 Å². The van der Waals surface area contributed by atoms with Gasteiger partial charge in [0, 0.05) is 0 Å². The van der Waals surface area contributed by atoms with Crippen molar-refractivity contribution in [3.63, 3.8) is 0 Å². The molecule has 230 valence electrons. The first-order valence-corrected chi connectivity index (χ1v) is 15.0. The van der Waals surface area contributed by atoms with Crippen molar-refractivity contribution < 1.29 is 86.4 Å². The lowest BCUT2D eigenvalue weighted by Gasteiger charge is -2.44. The van der Waals surface area contributed by atoms with E-state index >= 15 is 0 Å². The third-order valence-electron chi connectivity index (χ3n) is 4.88. The van der Waals surface area contributed by atoms with E-state index in [0.717, 1.165) is 0 Å². The molecule has 10 nitrogen and oxygen atoms in total. The molecule has 0 unspecified atom stereocenters. The molecule has 0 aromatic rings. The van der Waals surface area contributed by atoms with Gasteiger partial charge in [-0.15, -0.1) is 0 Å². The molecule has 0 aromatic carbocycles. The minimum absolute atomic E-state index is 0.236. The number of unbranched alkanes of at least 4 members (excludes halogenated alkanes) is 3. The second kappa shape index (κ2) is 10.4. The van der Waals surface area contributed by atoms with Crippen LogP contribution in [0.2, 0.25) is 0 Å². The normalized spacial score (nSPS) is 16.1. The van der Waals surface area contributed by atoms with Crippen molar-refractivity contribution in [1.29, 1.82) is 0 Å². The first kappa shape index (κ1) is 36.9. The molecule has 0 amide bonds. The van der Waals surface area contributed by atoms with Crippen molar-refractivity contribution in [1.82, 2.24) is 0 Å². The topological polar surface area (TPSA) is 189 Å². The zero-order valence-corrected chi connectivity index (χ0v) is 21.1. The van der Waals surface area contributed by atoms with Gasteiger partial charge in [0.25, 0.3) is 43.6 Å². The maximum Gasteiger partial charge on any atom is 0.500 e. The number of rotatable bonds is 11. The highest BCUT2D eigenvalue weighted by molar-refractivity contribution is 8.18. The molecule has 0 radical (unpaired) electrons. The number of hydrogen-bond acceptors (Lipinski definition) is 10. The number of hydrogen-bond donors (Lipinski definition) is 2. The van der Waals surface area contributed by atoms with Crippen LogP contribution in [0.15, 0.2) is 0 Å². The molecule has 4 N–H and O–H groups in total. The summed E-state index contributed by atoms with van der Waals surface area (Å²) >= 11 is 0. The molecule has 0 saturated heterocycles. The Morgan fingerprint density at radius 3 is 0.947 bits per heavy atom. The number of sulfone groups is 4. The summed E-state index contributed by atoms with van der Waals surface area (Å²) in [5.41, 5.74) is -21.4. The lowest BCUT2D eigenvalue weighted by molar-refractivity contribution is -0.0559. The minimum Gasteiger partial charge on any atom is -0.330 e. The van der Waals surface area contributed by atoms with Crippen LogP contribution >= 0.6 is 0 Å². The SMILES string of the molecule is NCCCCCCC(C(N)(S(=O)(=O)C(F)(F)F)S(=O)(=O)C(F)(F)F)(S(=O)(=O)C(F)(F)F)S(=O)(=O)C(F)(F)F. The predicted molar refractivity (Wildman–Crippen MR) is 102 cm³/mol. The van der Waals surface area contributed by atoms with Crippen LogP contribution in [0.3, 0.4) is 0 Å². The quantitative estimate of drug-likeness (QED) is 0.243. The second-order valence-corrected chi connectivity index (χ2v) is 16.2. The fourth-order valence-electron chi connectivity index (χ4n) is 3.09. The smallest absolute Gasteiger partial charge is 0.330 e. The van der Waals surface area contributed by atoms with E-state index in [1.165, 1.54) is 0 Å². The first-order chi connectivity index (χ1) is 16.3. The van der Waals surface area contributed by atoms with E-state index < -0.39 is 95.3 Å². The van der Waals surface area contributed by atoms with Crippen LogP contribution in [0.4, 0.5) is 52.7 Å². The van der Waals surface area contributed by atoms with Crippen molar-refractivity contribution in [3.05, 3.63) is 0 Å². The Hall–Kier alpha value is -1.12. The summed E-state index contributed by atoms with van der Waals surface area (Å²) in [6.07, 6.45) is -6.85. The van der Waals surface area contributed by atoms with E-state index in [-0.39, 0.29) is 13.0 Å². The summed E-state index contributed by atoms with van der Waals surface area (Å²) < 4.78 is 244. The number of alkyl halides is 12. The van der Waals surface area contributed by atoms with Gasteiger partial charge in [-0.1, -0.05) is 19.3 Å². The Kier molecular flexibility index (Phi) is 10.1. The van der Waals surface area contributed by atoms with E-state index in [0.29, 0.717) is 0 Å². The Labute approximate surface area is 206 Å². The van der Waals surface area contributed by atoms with Gasteiger partial charge in [0.2, 0.25) is 4.08 Å². The molecule has 0 heterocycles. The monoisotopic (exact) mass is 672 g/mol. The summed E-state index contributed by atoms with van der Waals surface area (Å²) in [5, 5.41) is 0. The highest BCUT2D eigenvalue weighted by atomic mass is 32.3. The van der Waals surface area contributed by atoms with Gasteiger partial charge in [-0.25, -0.2) is 33.7 Å². The molecule has 0 bridgehead atoms. The van der Waals surface area contributed by atoms with Gasteiger partial charge in [-0.2, -0.15) is 52.7 Å². The molecule has 0 fully saturated rings. The molecule has 0 aliphatic rings. The van der Waals surface area contributed by atoms with Crippen LogP contribution < -0.4 is 11.5 Å². The standard InChI is InChI=1S/C12H16F12N2O8S4/c13-9(14,15)35(27,28)7(5-3-1-2-4-6-25,36(29,30)10(16,17)18)8(26,37(31,32)11(19,20)21)38(33,34)12(22,23)24/h1-6,25-26H2. The molecular weight excluding hydrogens is 656 g/mol. The fraction of sp³-hybridized carbons (Fsp3) is 1.00. The maximum absolute atomic E-state index is 13.5. The van der Waals surface area contributed by atoms with Gasteiger partial charge < -0.3 is 5.73 Å². The van der Waals surface area contributed by atoms with Crippen molar-refractivity contribution in [3.8, 4) is 0 Å². The third kappa shape index (κ3) is 5.18. The third-order valence-corrected chi connectivity index (χ3v) is 15.5. The van der Waals surface area contributed by atoms with Crippen LogP contribution in [0.25, 0.3) is 0 Å². The summed E-state index contributed by atoms with van der Waals surface area (Å²) in [6, 6.07) is 0. The van der Waals surface area contributed by atoms with Crippen molar-refractivity contribution >= 4 is 39.3 Å². The highest BCUT2D eigenvalue weighted by Gasteiger charge is 2.90. The molecule has 0 aromatic heterocycles. The average molecular weight is 673 g/mol. The van der Waals surface area contributed by atoms with Crippen LogP contribution in [-0.4, -0.2) is 70.5 Å². The lowest BCUT2D eigenvalue weighted by atomic mass is 10.1. The van der Waals surface area contributed by atoms with Crippen molar-refractivity contribution in [2.24, 2.45) is 11.5 Å². The molecule has 0 atom stereocenters. The minimum atomic E-state index is -8.98. The molecular formula is C12H16F12N2O8S4. The largest absolute Gasteiger partial charge is 0.500 e. The zero-order valence-electron chi connectivity index (χ0n) is 17.8. The van der Waals surface area contributed by atoms with Gasteiger partial charge in [-0.3, -0.25) is 5.73 Å². The fourth-order valence-corrected chi connectivity index (χ4v) is 13.2. The summed E-state index contributed by atoms with van der Waals surface area (Å²) in [7, 11) is -35.7. The average Bonchev–Trinajstić information content (AvgIpc) is 2.66. The second-order valence-electron chi connectivity index (χ2n) is 7.17. The molecule has 0 spiro atoms. The van der Waals surface area contributed by atoms with Gasteiger partial charge in [0.1, 0.15) is 0 Å². The van der Waals surface area contributed by atoms with E-state index in [4.69, 9.17) is 5.73 Å². The molecule has 0 rings (SSSR count). The Morgan fingerprint density at radius 1 is 0.447 bits per heavy atom. The first-order valence-electron chi connectivity index (χ1n) is 9.03. The Morgan fingerprint density at radius 2 is 0.711 bits per heavy atom. The van der Waals surface area contributed by atoms with Gasteiger partial charge in [0.05, 0.1) is 0 Å². The Balaban J connectivity index is 8.88. The molecule has 0 aliphatic carbocycles. The van der Waals surface area contributed by atoms with Crippen LogP contribution in [-0.2, 0) is 39.3 Å². The molecule has 0 aliphatic heterocycles. The number of nitrogens with two attached hydrogens (primary N) is 2. The van der Waals surface area contributed by atoms with Gasteiger partial charge >= 0.3 is 22.0 Å². The van der Waals surface area contributed by atoms with E-state index in [1.54, 1.807) is 0 Å². The summed E-state index contributed by atoms with van der Waals surface area (Å²) in [4.78, 5) is 0. The molecule has 26 heteroatoms. The maximum atomic E-state index is 13.5. The summed E-state index contributed by atoms with van der Waals surface area (Å²) in [5.74, 6) is 0. The molecule has 38 heavy (non-hydrogen) atoms. The highest BCUT2D eigenvalue weighted by Crippen LogP contribution is 2.58. The van der Waals surface area contributed by atoms with Crippen LogP contribution in [0, 0.1) is 0 Å². The van der Waals surface area contributed by atoms with Gasteiger partial charge in [0.15, 0.2) is 0 Å². The lowest BCUT2D eigenvalue weighted by Crippen LogP contribution is -2.80. The summed E-state index contributed by atoms with van der Waals surface area (Å²) in [6.45, 7) is -0.307. The number of halogens is 12. The molecule has 0 saturated carbocycles. The van der Waals surface area contributed by atoms with E-state index in [9.17, 15) is 86.4 Å². The zero-order chi connectivity index (χ0) is 31.2. The Bertz CT molecular complexity index is 1210. The van der Waals surface area contributed by atoms with Crippen molar-refractivity contribution in [2.45, 2.75) is 62.4 Å². The van der Waals surface area contributed by atoms with E-state index in [2.05, 4.69) is 5.73 Å². The van der Waals surface area contributed by atoms with Crippen LogP contribution in [0.5, 0.6) is 0 Å².